The van der Waals surface area contributed by atoms with Crippen molar-refractivity contribution in [2.75, 3.05) is 18.5 Å². The van der Waals surface area contributed by atoms with Crippen LogP contribution in [-0.2, 0) is 0 Å². The first-order chi connectivity index (χ1) is 7.10. The van der Waals surface area contributed by atoms with E-state index in [1.807, 2.05) is 18.9 Å². The van der Waals surface area contributed by atoms with Gasteiger partial charge in [-0.25, -0.2) is 0 Å². The van der Waals surface area contributed by atoms with Gasteiger partial charge < -0.3 is 15.2 Å². The summed E-state index contributed by atoms with van der Waals surface area (Å²) in [5.41, 5.74) is 5.99. The van der Waals surface area contributed by atoms with Gasteiger partial charge in [0, 0.05) is 13.6 Å². The Bertz CT molecular complexity index is 299. The number of nitrogens with two attached hydrogens (primary N) is 1. The largest absolute Gasteiger partial charge is 0.342 e. The molecule has 5 heteroatoms. The Balaban J connectivity index is 2.75. The van der Waals surface area contributed by atoms with Crippen LogP contribution in [0.25, 0.3) is 0 Å². The average molecular weight is 212 g/mol. The number of rotatable bonds is 5. The predicted octanol–water partition coefficient (Wildman–Crippen LogP) is 1.57. The third kappa shape index (κ3) is 2.68. The molecule has 0 aliphatic heterocycles. The summed E-state index contributed by atoms with van der Waals surface area (Å²) in [5, 5.41) is 3.88. The topological polar surface area (TPSA) is 68.2 Å². The quantitative estimate of drug-likeness (QED) is 0.802. The van der Waals surface area contributed by atoms with Crippen molar-refractivity contribution in [3.8, 4) is 0 Å². The van der Waals surface area contributed by atoms with Gasteiger partial charge in [0.1, 0.15) is 0 Å². The molecule has 0 saturated heterocycles. The van der Waals surface area contributed by atoms with E-state index in [1.54, 1.807) is 0 Å². The predicted molar refractivity (Wildman–Crippen MR) is 59.6 cm³/mol. The van der Waals surface area contributed by atoms with Crippen molar-refractivity contribution in [1.82, 2.24) is 10.1 Å². The zero-order chi connectivity index (χ0) is 11.4. The van der Waals surface area contributed by atoms with Gasteiger partial charge in [-0.3, -0.25) is 0 Å². The van der Waals surface area contributed by atoms with Crippen LogP contribution in [0.1, 0.15) is 39.1 Å². The fourth-order valence-electron chi connectivity index (χ4n) is 1.16. The van der Waals surface area contributed by atoms with E-state index >= 15 is 0 Å². The number of aromatic nitrogens is 2. The highest BCUT2D eigenvalue weighted by molar-refractivity contribution is 5.25. The van der Waals surface area contributed by atoms with Crippen LogP contribution in [0.4, 0.5) is 5.95 Å². The minimum atomic E-state index is -0.165. The Morgan fingerprint density at radius 2 is 2.13 bits per heavy atom. The molecule has 2 atom stereocenters. The van der Waals surface area contributed by atoms with E-state index < -0.39 is 0 Å². The zero-order valence-electron chi connectivity index (χ0n) is 9.90. The van der Waals surface area contributed by atoms with Crippen molar-refractivity contribution in [2.24, 2.45) is 11.7 Å². The van der Waals surface area contributed by atoms with Crippen molar-refractivity contribution >= 4 is 5.95 Å². The van der Waals surface area contributed by atoms with E-state index in [4.69, 9.17) is 10.3 Å². The molecule has 2 N–H and O–H groups in total. The van der Waals surface area contributed by atoms with Gasteiger partial charge in [-0.15, -0.1) is 0 Å². The summed E-state index contributed by atoms with van der Waals surface area (Å²) in [5.74, 6) is 1.48. The van der Waals surface area contributed by atoms with E-state index in [0.717, 1.165) is 13.0 Å². The van der Waals surface area contributed by atoms with Crippen molar-refractivity contribution in [3.05, 3.63) is 5.89 Å². The average Bonchev–Trinajstić information content (AvgIpc) is 2.75. The number of hydrogen-bond acceptors (Lipinski definition) is 5. The van der Waals surface area contributed by atoms with Crippen molar-refractivity contribution in [3.63, 3.8) is 0 Å². The molecule has 0 amide bonds. The lowest BCUT2D eigenvalue weighted by molar-refractivity contribution is 0.312. The molecule has 0 bridgehead atoms. The molecule has 86 valence electrons. The summed E-state index contributed by atoms with van der Waals surface area (Å²) in [6.45, 7) is 7.06. The van der Waals surface area contributed by atoms with E-state index in [9.17, 15) is 0 Å². The highest BCUT2D eigenvalue weighted by Gasteiger charge is 2.20. The lowest BCUT2D eigenvalue weighted by Gasteiger charge is -2.13. The molecule has 1 rings (SSSR count). The van der Waals surface area contributed by atoms with Crippen LogP contribution in [0.2, 0.25) is 0 Å². The first-order valence-electron chi connectivity index (χ1n) is 5.40. The molecular formula is C10H20N4O. The fourth-order valence-corrected chi connectivity index (χ4v) is 1.16. The third-order valence-electron chi connectivity index (χ3n) is 2.79. The lowest BCUT2D eigenvalue weighted by Crippen LogP contribution is -2.20. The van der Waals surface area contributed by atoms with Crippen LogP contribution < -0.4 is 10.6 Å². The van der Waals surface area contributed by atoms with Gasteiger partial charge in [-0.2, -0.15) is 4.98 Å². The van der Waals surface area contributed by atoms with E-state index in [-0.39, 0.29) is 6.04 Å². The zero-order valence-corrected chi connectivity index (χ0v) is 9.90. The van der Waals surface area contributed by atoms with Gasteiger partial charge in [-0.1, -0.05) is 20.3 Å². The van der Waals surface area contributed by atoms with Crippen LogP contribution in [0.5, 0.6) is 0 Å². The molecule has 2 unspecified atom stereocenters. The molecule has 5 nitrogen and oxygen atoms in total. The molecule has 0 saturated carbocycles. The molecule has 0 aliphatic carbocycles. The SMILES string of the molecule is CCC(C)C(N)c1nc(N(C)CC)no1. The first kappa shape index (κ1) is 12.0. The van der Waals surface area contributed by atoms with Crippen molar-refractivity contribution in [1.29, 1.82) is 0 Å². The van der Waals surface area contributed by atoms with Crippen LogP contribution in [-0.4, -0.2) is 23.7 Å². The summed E-state index contributed by atoms with van der Waals surface area (Å²) >= 11 is 0. The molecule has 15 heavy (non-hydrogen) atoms. The molecular weight excluding hydrogens is 192 g/mol. The Morgan fingerprint density at radius 3 is 2.67 bits per heavy atom. The number of hydrogen-bond donors (Lipinski definition) is 1. The smallest absolute Gasteiger partial charge is 0.265 e. The maximum absolute atomic E-state index is 5.99. The van der Waals surface area contributed by atoms with Gasteiger partial charge in [0.25, 0.3) is 5.95 Å². The van der Waals surface area contributed by atoms with E-state index in [1.165, 1.54) is 0 Å². The minimum absolute atomic E-state index is 0.165. The second-order valence-corrected chi connectivity index (χ2v) is 3.86. The van der Waals surface area contributed by atoms with Crippen LogP contribution in [0, 0.1) is 5.92 Å². The molecule has 1 aromatic rings. The standard InChI is InChI=1S/C10H20N4O/c1-5-7(3)8(11)9-12-10(13-15-9)14(4)6-2/h7-8H,5-6,11H2,1-4H3. The molecule has 0 radical (unpaired) electrons. The number of anilines is 1. The summed E-state index contributed by atoms with van der Waals surface area (Å²) < 4.78 is 5.14. The second kappa shape index (κ2) is 5.11. The summed E-state index contributed by atoms with van der Waals surface area (Å²) in [6.07, 6.45) is 1.00. The highest BCUT2D eigenvalue weighted by Crippen LogP contribution is 2.21. The summed E-state index contributed by atoms with van der Waals surface area (Å²) in [6, 6.07) is -0.165. The van der Waals surface area contributed by atoms with Crippen LogP contribution in [0.15, 0.2) is 4.52 Å². The first-order valence-corrected chi connectivity index (χ1v) is 5.40. The Kier molecular flexibility index (Phi) is 4.08. The fraction of sp³-hybridized carbons (Fsp3) is 0.800. The maximum atomic E-state index is 5.99. The summed E-state index contributed by atoms with van der Waals surface area (Å²) in [4.78, 5) is 6.19. The molecule has 0 aliphatic rings. The monoisotopic (exact) mass is 212 g/mol. The maximum Gasteiger partial charge on any atom is 0.265 e. The number of nitrogens with zero attached hydrogens (tertiary/aromatic N) is 3. The van der Waals surface area contributed by atoms with Crippen LogP contribution in [0.3, 0.4) is 0 Å². The molecule has 0 fully saturated rings. The Hall–Kier alpha value is -1.10. The minimum Gasteiger partial charge on any atom is -0.342 e. The normalized spacial score (nSPS) is 15.0. The van der Waals surface area contributed by atoms with Crippen molar-refractivity contribution in [2.45, 2.75) is 33.2 Å². The second-order valence-electron chi connectivity index (χ2n) is 3.86. The van der Waals surface area contributed by atoms with Gasteiger partial charge in [0.2, 0.25) is 5.89 Å². The highest BCUT2D eigenvalue weighted by atomic mass is 16.5. The molecule has 1 aromatic heterocycles. The van der Waals surface area contributed by atoms with Crippen LogP contribution >= 0.6 is 0 Å². The summed E-state index contributed by atoms with van der Waals surface area (Å²) in [7, 11) is 1.92. The molecule has 1 heterocycles. The lowest BCUT2D eigenvalue weighted by atomic mass is 10.0. The van der Waals surface area contributed by atoms with Gasteiger partial charge >= 0.3 is 0 Å². The van der Waals surface area contributed by atoms with E-state index in [0.29, 0.717) is 17.8 Å². The van der Waals surface area contributed by atoms with Gasteiger partial charge in [-0.05, 0) is 18.0 Å². The van der Waals surface area contributed by atoms with E-state index in [2.05, 4.69) is 24.0 Å². The third-order valence-corrected chi connectivity index (χ3v) is 2.79. The molecule has 0 spiro atoms. The Labute approximate surface area is 90.6 Å². The van der Waals surface area contributed by atoms with Gasteiger partial charge in [0.05, 0.1) is 6.04 Å². The molecule has 0 aromatic carbocycles. The van der Waals surface area contributed by atoms with Crippen molar-refractivity contribution < 1.29 is 4.52 Å². The van der Waals surface area contributed by atoms with Gasteiger partial charge in [0.15, 0.2) is 0 Å². The Morgan fingerprint density at radius 1 is 1.47 bits per heavy atom.